The Bertz CT molecular complexity index is 1460. The van der Waals surface area contributed by atoms with Crippen molar-refractivity contribution in [3.05, 3.63) is 101 Å². The van der Waals surface area contributed by atoms with Crippen molar-refractivity contribution < 1.29 is 22.4 Å². The molecule has 218 valence electrons. The molecule has 0 heterocycles. The van der Waals surface area contributed by atoms with Crippen LogP contribution in [0.15, 0.2) is 72.8 Å². The van der Waals surface area contributed by atoms with Crippen LogP contribution in [0.5, 0.6) is 0 Å². The molecule has 0 radical (unpaired) electrons. The van der Waals surface area contributed by atoms with E-state index in [-0.39, 0.29) is 24.9 Å². The van der Waals surface area contributed by atoms with Crippen LogP contribution in [0.4, 0.5) is 10.1 Å². The van der Waals surface area contributed by atoms with Gasteiger partial charge in [-0.3, -0.25) is 13.9 Å². The number of nitrogens with one attached hydrogen (secondary N) is 1. The standard InChI is InChI=1S/C32H38FN3O4S/c1-23-10-9-15-29(24(23)2)36(41(3,39)40)22-31(37)35(21-26-16-18-27(33)19-17-26)30(20-25-11-5-4-6-12-25)32(38)34-28-13-7-8-14-28/h4-6,9-12,15-19,28,30H,7-8,13-14,20-22H2,1-3H3,(H,34,38)/t30-/m0/s1. The zero-order valence-electron chi connectivity index (χ0n) is 23.8. The second-order valence-electron chi connectivity index (χ2n) is 10.8. The molecule has 1 aliphatic rings. The first-order valence-corrected chi connectivity index (χ1v) is 15.8. The van der Waals surface area contributed by atoms with Crippen LogP contribution in [0.3, 0.4) is 0 Å². The number of hydrogen-bond donors (Lipinski definition) is 1. The van der Waals surface area contributed by atoms with E-state index in [0.717, 1.165) is 52.9 Å². The van der Waals surface area contributed by atoms with Gasteiger partial charge in [0.05, 0.1) is 11.9 Å². The molecule has 1 aliphatic carbocycles. The van der Waals surface area contributed by atoms with Gasteiger partial charge < -0.3 is 10.2 Å². The summed E-state index contributed by atoms with van der Waals surface area (Å²) in [6.07, 6.45) is 5.14. The number of anilines is 1. The Labute approximate surface area is 242 Å². The maximum absolute atomic E-state index is 14.2. The molecule has 0 saturated heterocycles. The van der Waals surface area contributed by atoms with Crippen LogP contribution in [-0.4, -0.2) is 50.0 Å². The molecule has 1 saturated carbocycles. The summed E-state index contributed by atoms with van der Waals surface area (Å²) in [5, 5.41) is 3.14. The predicted molar refractivity (Wildman–Crippen MR) is 159 cm³/mol. The summed E-state index contributed by atoms with van der Waals surface area (Å²) in [6.45, 7) is 3.23. The third kappa shape index (κ3) is 7.94. The highest BCUT2D eigenvalue weighted by Crippen LogP contribution is 2.26. The van der Waals surface area contributed by atoms with E-state index in [9.17, 15) is 22.4 Å². The summed E-state index contributed by atoms with van der Waals surface area (Å²) >= 11 is 0. The fourth-order valence-electron chi connectivity index (χ4n) is 5.31. The molecule has 9 heteroatoms. The summed E-state index contributed by atoms with van der Waals surface area (Å²) in [4.78, 5) is 29.5. The molecule has 1 N–H and O–H groups in total. The van der Waals surface area contributed by atoms with E-state index in [1.807, 2.05) is 50.2 Å². The van der Waals surface area contributed by atoms with Crippen LogP contribution < -0.4 is 9.62 Å². The minimum atomic E-state index is -3.85. The number of nitrogens with zero attached hydrogens (tertiary/aromatic N) is 2. The van der Waals surface area contributed by atoms with E-state index in [0.29, 0.717) is 11.3 Å². The second kappa shape index (κ2) is 13.3. The van der Waals surface area contributed by atoms with Crippen LogP contribution in [-0.2, 0) is 32.6 Å². The van der Waals surface area contributed by atoms with Gasteiger partial charge in [0.15, 0.2) is 0 Å². The maximum Gasteiger partial charge on any atom is 0.244 e. The molecular weight excluding hydrogens is 541 g/mol. The molecule has 41 heavy (non-hydrogen) atoms. The SMILES string of the molecule is Cc1cccc(N(CC(=O)N(Cc2ccc(F)cc2)[C@@H](Cc2ccccc2)C(=O)NC2CCCC2)S(C)(=O)=O)c1C. The monoisotopic (exact) mass is 579 g/mol. The average molecular weight is 580 g/mol. The highest BCUT2D eigenvalue weighted by Gasteiger charge is 2.34. The van der Waals surface area contributed by atoms with Crippen molar-refractivity contribution in [1.82, 2.24) is 10.2 Å². The number of halogens is 1. The van der Waals surface area contributed by atoms with Gasteiger partial charge in [0.1, 0.15) is 18.4 Å². The molecule has 0 aromatic heterocycles. The van der Waals surface area contributed by atoms with Gasteiger partial charge in [0.2, 0.25) is 21.8 Å². The molecular formula is C32H38FN3O4S. The van der Waals surface area contributed by atoms with E-state index < -0.39 is 34.3 Å². The molecule has 0 spiro atoms. The van der Waals surface area contributed by atoms with Crippen LogP contribution in [0.2, 0.25) is 0 Å². The number of benzene rings is 3. The normalized spacial score (nSPS) is 14.4. The lowest BCUT2D eigenvalue weighted by Gasteiger charge is -2.34. The molecule has 0 aliphatic heterocycles. The lowest BCUT2D eigenvalue weighted by Crippen LogP contribution is -2.54. The van der Waals surface area contributed by atoms with E-state index in [1.54, 1.807) is 24.3 Å². The van der Waals surface area contributed by atoms with Crippen molar-refractivity contribution >= 4 is 27.5 Å². The Balaban J connectivity index is 1.74. The van der Waals surface area contributed by atoms with Crippen LogP contribution >= 0.6 is 0 Å². The maximum atomic E-state index is 14.2. The molecule has 0 bridgehead atoms. The number of hydrogen-bond acceptors (Lipinski definition) is 4. The number of carbonyl (C=O) groups excluding carboxylic acids is 2. The molecule has 4 rings (SSSR count). The predicted octanol–water partition coefficient (Wildman–Crippen LogP) is 4.91. The van der Waals surface area contributed by atoms with Gasteiger partial charge in [-0.05, 0) is 67.1 Å². The average Bonchev–Trinajstić information content (AvgIpc) is 3.45. The van der Waals surface area contributed by atoms with Crippen molar-refractivity contribution in [1.29, 1.82) is 0 Å². The summed E-state index contributed by atoms with van der Waals surface area (Å²) in [5.74, 6) is -1.22. The van der Waals surface area contributed by atoms with Crippen molar-refractivity contribution in [2.24, 2.45) is 0 Å². The quantitative estimate of drug-likeness (QED) is 0.350. The molecule has 7 nitrogen and oxygen atoms in total. The molecule has 3 aromatic rings. The Hall–Kier alpha value is -3.72. The molecule has 1 atom stereocenters. The third-order valence-corrected chi connectivity index (χ3v) is 8.89. The van der Waals surface area contributed by atoms with Crippen LogP contribution in [0, 0.1) is 19.7 Å². The largest absolute Gasteiger partial charge is 0.352 e. The summed E-state index contributed by atoms with van der Waals surface area (Å²) < 4.78 is 40.8. The topological polar surface area (TPSA) is 86.8 Å². The first-order valence-electron chi connectivity index (χ1n) is 13.9. The van der Waals surface area contributed by atoms with Gasteiger partial charge in [0.25, 0.3) is 0 Å². The first-order chi connectivity index (χ1) is 19.5. The molecule has 2 amide bonds. The van der Waals surface area contributed by atoms with Crippen molar-refractivity contribution in [3.8, 4) is 0 Å². The minimum Gasteiger partial charge on any atom is -0.352 e. The second-order valence-corrected chi connectivity index (χ2v) is 12.7. The van der Waals surface area contributed by atoms with Crippen molar-refractivity contribution in [2.45, 2.75) is 64.6 Å². The molecule has 0 unspecified atom stereocenters. The smallest absolute Gasteiger partial charge is 0.244 e. The molecule has 3 aromatic carbocycles. The Morgan fingerprint density at radius 3 is 2.22 bits per heavy atom. The Morgan fingerprint density at radius 2 is 1.59 bits per heavy atom. The zero-order valence-corrected chi connectivity index (χ0v) is 24.7. The number of carbonyl (C=O) groups is 2. The number of amides is 2. The zero-order chi connectivity index (χ0) is 29.6. The van der Waals surface area contributed by atoms with Crippen LogP contribution in [0.25, 0.3) is 0 Å². The number of sulfonamides is 1. The van der Waals surface area contributed by atoms with E-state index >= 15 is 0 Å². The van der Waals surface area contributed by atoms with E-state index in [1.165, 1.54) is 17.0 Å². The summed E-state index contributed by atoms with van der Waals surface area (Å²) in [7, 11) is -3.85. The van der Waals surface area contributed by atoms with Crippen molar-refractivity contribution in [3.63, 3.8) is 0 Å². The van der Waals surface area contributed by atoms with Gasteiger partial charge in [-0.25, -0.2) is 12.8 Å². The third-order valence-electron chi connectivity index (χ3n) is 7.76. The molecule has 1 fully saturated rings. The summed E-state index contributed by atoms with van der Waals surface area (Å²) in [6, 6.07) is 19.6. The van der Waals surface area contributed by atoms with Gasteiger partial charge in [-0.1, -0.05) is 67.4 Å². The first kappa shape index (κ1) is 30.2. The number of aryl methyl sites for hydroxylation is 1. The van der Waals surface area contributed by atoms with E-state index in [4.69, 9.17) is 0 Å². The Kier molecular flexibility index (Phi) is 9.81. The van der Waals surface area contributed by atoms with Gasteiger partial charge in [-0.2, -0.15) is 0 Å². The van der Waals surface area contributed by atoms with Gasteiger partial charge in [-0.15, -0.1) is 0 Å². The van der Waals surface area contributed by atoms with Gasteiger partial charge >= 0.3 is 0 Å². The van der Waals surface area contributed by atoms with Gasteiger partial charge in [0, 0.05) is 19.0 Å². The summed E-state index contributed by atoms with van der Waals surface area (Å²) in [5.41, 5.74) is 3.55. The highest BCUT2D eigenvalue weighted by molar-refractivity contribution is 7.92. The lowest BCUT2D eigenvalue weighted by atomic mass is 10.0. The fourth-order valence-corrected chi connectivity index (χ4v) is 6.21. The van der Waals surface area contributed by atoms with E-state index in [2.05, 4.69) is 5.32 Å². The minimum absolute atomic E-state index is 0.0130. The Morgan fingerprint density at radius 1 is 0.927 bits per heavy atom. The lowest BCUT2D eigenvalue weighted by molar-refractivity contribution is -0.140. The fraction of sp³-hybridized carbons (Fsp3) is 0.375. The number of rotatable bonds is 11. The van der Waals surface area contributed by atoms with Crippen LogP contribution in [0.1, 0.15) is 47.9 Å². The van der Waals surface area contributed by atoms with Crippen molar-refractivity contribution in [2.75, 3.05) is 17.1 Å². The highest BCUT2D eigenvalue weighted by atomic mass is 32.2.